The smallest absolute Gasteiger partial charge is 0.199 e. The van der Waals surface area contributed by atoms with E-state index in [2.05, 4.69) is 15.2 Å². The number of nitrogens with zero attached hydrogens (tertiary/aromatic N) is 5. The first-order valence-electron chi connectivity index (χ1n) is 15.4. The average molecular weight is 743 g/mol. The summed E-state index contributed by atoms with van der Waals surface area (Å²) in [4.78, 5) is 28.9. The lowest BCUT2D eigenvalue weighted by molar-refractivity contribution is 0.103. The molecule has 0 aliphatic carbocycles. The Bertz CT molecular complexity index is 2430. The Balaban J connectivity index is 0.000000183. The van der Waals surface area contributed by atoms with Gasteiger partial charge in [-0.1, -0.05) is 47.5 Å². The summed E-state index contributed by atoms with van der Waals surface area (Å²) in [6.07, 6.45) is 3.61. The fraction of sp³-hybridized carbons (Fsp3) is 0.0513. The molecule has 0 atom stereocenters. The molecule has 4 aromatic carbocycles. The molecular weight excluding hydrogens is 717 g/mol. The predicted molar refractivity (Wildman–Crippen MR) is 191 cm³/mol. The van der Waals surface area contributed by atoms with Crippen LogP contribution in [0.3, 0.4) is 0 Å². The van der Waals surface area contributed by atoms with Gasteiger partial charge in [-0.3, -0.25) is 23.9 Å². The number of carbonyl (C=O) groups is 2. The number of carbonyl (C=O) groups excluding carboxylic acids is 2. The molecule has 7 aromatic rings. The maximum atomic E-state index is 14.6. The third kappa shape index (κ3) is 7.27. The zero-order valence-corrected chi connectivity index (χ0v) is 28.8. The first kappa shape index (κ1) is 35.9. The minimum Gasteiger partial charge on any atom is -0.298 e. The number of benzene rings is 4. The maximum Gasteiger partial charge on any atom is 0.199 e. The van der Waals surface area contributed by atoms with Crippen molar-refractivity contribution in [2.75, 3.05) is 0 Å². The lowest BCUT2D eigenvalue weighted by Crippen LogP contribution is -2.06. The van der Waals surface area contributed by atoms with Crippen LogP contribution in [0.15, 0.2) is 109 Å². The number of halogens is 6. The lowest BCUT2D eigenvalue weighted by atomic mass is 9.95. The van der Waals surface area contributed by atoms with E-state index in [9.17, 15) is 27.2 Å². The number of hydrogen-bond acceptors (Lipinski definition) is 5. The molecular formula is C39H25Cl2F4N5O2. The Morgan fingerprint density at radius 2 is 1.17 bits per heavy atom. The van der Waals surface area contributed by atoms with E-state index in [0.717, 1.165) is 24.3 Å². The van der Waals surface area contributed by atoms with E-state index in [1.807, 2.05) is 0 Å². The summed E-state index contributed by atoms with van der Waals surface area (Å²) in [5.74, 6) is -3.28. The van der Waals surface area contributed by atoms with Gasteiger partial charge >= 0.3 is 0 Å². The normalized spacial score (nSPS) is 10.8. The molecule has 0 spiro atoms. The summed E-state index contributed by atoms with van der Waals surface area (Å²) in [7, 11) is 3.21. The van der Waals surface area contributed by atoms with Crippen LogP contribution in [0, 0.1) is 23.3 Å². The van der Waals surface area contributed by atoms with Gasteiger partial charge in [-0.05, 0) is 60.7 Å². The molecule has 52 heavy (non-hydrogen) atoms. The first-order chi connectivity index (χ1) is 25.0. The highest BCUT2D eigenvalue weighted by Gasteiger charge is 2.27. The SMILES string of the molecule is Cn1nc(-c2ccc(Cl)cc2)c(C(=O)c2cccnc2)c1-c1ccc(F)cc1F.Cn1nc(-c2ccc(Cl)cc2)c(C=O)c1-c1ccc(F)cc1F. The van der Waals surface area contributed by atoms with E-state index in [0.29, 0.717) is 50.1 Å². The van der Waals surface area contributed by atoms with Gasteiger partial charge in [0.25, 0.3) is 0 Å². The van der Waals surface area contributed by atoms with E-state index in [1.54, 1.807) is 81.0 Å². The van der Waals surface area contributed by atoms with Gasteiger partial charge in [-0.15, -0.1) is 0 Å². The van der Waals surface area contributed by atoms with Crippen molar-refractivity contribution in [2.24, 2.45) is 14.1 Å². The van der Waals surface area contributed by atoms with E-state index >= 15 is 0 Å². The Morgan fingerprint density at radius 1 is 0.673 bits per heavy atom. The quantitative estimate of drug-likeness (QED) is 0.0923. The lowest BCUT2D eigenvalue weighted by Gasteiger charge is -2.09. The highest BCUT2D eigenvalue weighted by atomic mass is 35.5. The number of aryl methyl sites for hydroxylation is 2. The van der Waals surface area contributed by atoms with Crippen LogP contribution < -0.4 is 0 Å². The van der Waals surface area contributed by atoms with Gasteiger partial charge in [-0.25, -0.2) is 17.6 Å². The molecule has 0 aliphatic rings. The van der Waals surface area contributed by atoms with Crippen LogP contribution in [-0.2, 0) is 14.1 Å². The van der Waals surface area contributed by atoms with Crippen LogP contribution in [0.2, 0.25) is 10.0 Å². The summed E-state index contributed by atoms with van der Waals surface area (Å²) in [5, 5.41) is 9.87. The van der Waals surface area contributed by atoms with Gasteiger partial charge in [0.05, 0.1) is 22.5 Å². The molecule has 0 fully saturated rings. The summed E-state index contributed by atoms with van der Waals surface area (Å²) < 4.78 is 58.1. The third-order valence-electron chi connectivity index (χ3n) is 8.01. The van der Waals surface area contributed by atoms with Crippen molar-refractivity contribution in [1.82, 2.24) is 24.5 Å². The molecule has 3 heterocycles. The Morgan fingerprint density at radius 3 is 1.67 bits per heavy atom. The van der Waals surface area contributed by atoms with Crippen molar-refractivity contribution >= 4 is 35.3 Å². The summed E-state index contributed by atoms with van der Waals surface area (Å²) in [6, 6.07) is 23.3. The number of ketones is 1. The minimum atomic E-state index is -0.782. The Kier molecular flexibility index (Phi) is 10.5. The first-order valence-corrected chi connectivity index (χ1v) is 16.2. The third-order valence-corrected chi connectivity index (χ3v) is 8.51. The molecule has 7 rings (SSSR count). The molecule has 260 valence electrons. The van der Waals surface area contributed by atoms with E-state index in [4.69, 9.17) is 23.2 Å². The molecule has 0 bridgehead atoms. The topological polar surface area (TPSA) is 82.7 Å². The van der Waals surface area contributed by atoms with Gasteiger partial charge in [0.2, 0.25) is 0 Å². The van der Waals surface area contributed by atoms with Crippen LogP contribution in [0.5, 0.6) is 0 Å². The number of aromatic nitrogens is 5. The number of aldehydes is 1. The van der Waals surface area contributed by atoms with Crippen molar-refractivity contribution in [1.29, 1.82) is 0 Å². The van der Waals surface area contributed by atoms with Crippen LogP contribution in [-0.4, -0.2) is 36.6 Å². The van der Waals surface area contributed by atoms with Crippen molar-refractivity contribution < 1.29 is 27.2 Å². The number of pyridine rings is 1. The summed E-state index contributed by atoms with van der Waals surface area (Å²) in [6.45, 7) is 0. The maximum absolute atomic E-state index is 14.6. The van der Waals surface area contributed by atoms with Crippen molar-refractivity contribution in [3.63, 3.8) is 0 Å². The van der Waals surface area contributed by atoms with Gasteiger partial charge in [0.1, 0.15) is 34.7 Å². The molecule has 0 saturated heterocycles. The molecule has 0 aliphatic heterocycles. The fourth-order valence-corrected chi connectivity index (χ4v) is 5.91. The molecule has 0 radical (unpaired) electrons. The number of hydrogen-bond donors (Lipinski definition) is 0. The highest BCUT2D eigenvalue weighted by Crippen LogP contribution is 2.36. The van der Waals surface area contributed by atoms with E-state index in [1.165, 1.54) is 27.7 Å². The largest absolute Gasteiger partial charge is 0.298 e. The van der Waals surface area contributed by atoms with Crippen LogP contribution in [0.25, 0.3) is 45.0 Å². The highest BCUT2D eigenvalue weighted by molar-refractivity contribution is 6.31. The monoisotopic (exact) mass is 741 g/mol. The van der Waals surface area contributed by atoms with Gasteiger partial charge in [0, 0.05) is 76.5 Å². The Labute approximate surface area is 304 Å². The van der Waals surface area contributed by atoms with Crippen LogP contribution in [0.1, 0.15) is 26.3 Å². The molecule has 0 amide bonds. The van der Waals surface area contributed by atoms with Crippen molar-refractivity contribution in [2.45, 2.75) is 0 Å². The summed E-state index contributed by atoms with van der Waals surface area (Å²) >= 11 is 11.8. The molecule has 7 nitrogen and oxygen atoms in total. The summed E-state index contributed by atoms with van der Waals surface area (Å²) in [5.41, 5.74) is 3.62. The Hall–Kier alpha value is -5.91. The molecule has 0 N–H and O–H groups in total. The second-order valence-electron chi connectivity index (χ2n) is 11.4. The molecule has 3 aromatic heterocycles. The zero-order valence-electron chi connectivity index (χ0n) is 27.3. The van der Waals surface area contributed by atoms with Gasteiger partial charge < -0.3 is 0 Å². The van der Waals surface area contributed by atoms with Gasteiger partial charge in [0.15, 0.2) is 12.1 Å². The second-order valence-corrected chi connectivity index (χ2v) is 12.3. The van der Waals surface area contributed by atoms with Crippen LogP contribution in [0.4, 0.5) is 17.6 Å². The standard InChI is InChI=1S/C22H14ClF2N3O.C17H11ClF2N2O/c1-28-21(17-9-8-16(24)11-18(17)25)19(22(29)14-3-2-10-26-12-14)20(27-28)13-4-6-15(23)7-5-13;1-22-17(13-7-6-12(19)8-15(13)20)14(9-23)16(21-22)10-2-4-11(18)5-3-10/h2-12H,1H3;2-9H,1H3. The van der Waals surface area contributed by atoms with E-state index < -0.39 is 23.3 Å². The fourth-order valence-electron chi connectivity index (χ4n) is 5.65. The average Bonchev–Trinajstić information content (AvgIpc) is 3.65. The van der Waals surface area contributed by atoms with Crippen molar-refractivity contribution in [3.05, 3.63) is 159 Å². The number of rotatable bonds is 7. The predicted octanol–water partition coefficient (Wildman–Crippen LogP) is 9.81. The molecule has 0 unspecified atom stereocenters. The zero-order chi connectivity index (χ0) is 37.1. The van der Waals surface area contributed by atoms with Gasteiger partial charge in [-0.2, -0.15) is 10.2 Å². The van der Waals surface area contributed by atoms with E-state index in [-0.39, 0.29) is 33.7 Å². The van der Waals surface area contributed by atoms with Crippen LogP contribution >= 0.6 is 23.2 Å². The molecule has 13 heteroatoms. The van der Waals surface area contributed by atoms with Crippen molar-refractivity contribution in [3.8, 4) is 45.0 Å². The minimum absolute atomic E-state index is 0.0776. The second kappa shape index (κ2) is 15.1. The molecule has 0 saturated carbocycles.